The molecule has 13 heavy (non-hydrogen) atoms. The molecule has 0 unspecified atom stereocenters. The van der Waals surface area contributed by atoms with Crippen LogP contribution < -0.4 is 10.6 Å². The smallest absolute Gasteiger partial charge is 0.253 e. The molecule has 0 atom stereocenters. The molecule has 1 aromatic heterocycles. The molecule has 1 fully saturated rings. The van der Waals surface area contributed by atoms with Gasteiger partial charge in [0.15, 0.2) is 5.78 Å². The molecule has 1 aliphatic rings. The molecule has 0 aliphatic carbocycles. The van der Waals surface area contributed by atoms with Crippen LogP contribution in [0.25, 0.3) is 0 Å². The predicted octanol–water partition coefficient (Wildman–Crippen LogP) is -1.31. The lowest BCUT2D eigenvalue weighted by atomic mass is 10.3. The van der Waals surface area contributed by atoms with E-state index in [4.69, 9.17) is 5.73 Å². The lowest BCUT2D eigenvalue weighted by Gasteiger charge is -2.07. The van der Waals surface area contributed by atoms with E-state index >= 15 is 0 Å². The minimum absolute atomic E-state index is 0.0378. The van der Waals surface area contributed by atoms with E-state index in [9.17, 15) is 9.59 Å². The number of hydrogen-bond donors (Lipinski definition) is 2. The van der Waals surface area contributed by atoms with E-state index in [0.717, 1.165) is 0 Å². The van der Waals surface area contributed by atoms with E-state index in [-0.39, 0.29) is 36.6 Å². The van der Waals surface area contributed by atoms with Crippen molar-refractivity contribution in [2.75, 3.05) is 17.2 Å². The maximum Gasteiger partial charge on any atom is 0.253 e. The Morgan fingerprint density at radius 3 is 2.69 bits per heavy atom. The fourth-order valence-corrected chi connectivity index (χ4v) is 1.15. The third kappa shape index (κ3) is 1.24. The highest BCUT2D eigenvalue weighted by molar-refractivity contribution is 6.14. The molecule has 7 heteroatoms. The summed E-state index contributed by atoms with van der Waals surface area (Å²) < 4.78 is 0. The zero-order valence-electron chi connectivity index (χ0n) is 6.65. The Kier molecular flexibility index (Phi) is 1.51. The number of ketones is 1. The van der Waals surface area contributed by atoms with Gasteiger partial charge in [-0.25, -0.2) is 5.10 Å². The highest BCUT2D eigenvalue weighted by atomic mass is 16.2. The summed E-state index contributed by atoms with van der Waals surface area (Å²) in [5.74, 6) is -0.132. The van der Waals surface area contributed by atoms with Crippen molar-refractivity contribution in [3.05, 3.63) is 0 Å². The molecule has 1 saturated heterocycles. The molecule has 1 aromatic rings. The maximum absolute atomic E-state index is 11.2. The van der Waals surface area contributed by atoms with Crippen molar-refractivity contribution in [2.24, 2.45) is 0 Å². The highest BCUT2D eigenvalue weighted by Gasteiger charge is 2.30. The Balaban J connectivity index is 2.27. The van der Waals surface area contributed by atoms with Crippen LogP contribution in [0.15, 0.2) is 0 Å². The Morgan fingerprint density at radius 2 is 2.23 bits per heavy atom. The van der Waals surface area contributed by atoms with E-state index in [2.05, 4.69) is 15.2 Å². The SMILES string of the molecule is Nc1nc(N2CC(=O)CC2=O)n[nH]1. The van der Waals surface area contributed by atoms with Gasteiger partial charge in [-0.2, -0.15) is 4.98 Å². The van der Waals surface area contributed by atoms with Crippen LogP contribution in [0.4, 0.5) is 11.9 Å². The zero-order chi connectivity index (χ0) is 9.42. The number of aromatic amines is 1. The van der Waals surface area contributed by atoms with Crippen molar-refractivity contribution in [1.82, 2.24) is 15.2 Å². The summed E-state index contributed by atoms with van der Waals surface area (Å²) in [6.45, 7) is 0.0378. The minimum atomic E-state index is -0.288. The second-order valence-corrected chi connectivity index (χ2v) is 2.72. The summed E-state index contributed by atoms with van der Waals surface area (Å²) in [6, 6.07) is 0. The molecule has 0 aromatic carbocycles. The van der Waals surface area contributed by atoms with Gasteiger partial charge in [0.2, 0.25) is 11.9 Å². The Labute approximate surface area is 72.9 Å². The number of H-pyrrole nitrogens is 1. The molecular weight excluding hydrogens is 174 g/mol. The summed E-state index contributed by atoms with van der Waals surface area (Å²) in [5, 5.41) is 6.07. The minimum Gasteiger partial charge on any atom is -0.368 e. The van der Waals surface area contributed by atoms with Gasteiger partial charge in [0.05, 0.1) is 13.0 Å². The van der Waals surface area contributed by atoms with Crippen LogP contribution in [0.3, 0.4) is 0 Å². The molecular formula is C6H7N5O2. The Morgan fingerprint density at radius 1 is 1.46 bits per heavy atom. The monoisotopic (exact) mass is 181 g/mol. The number of carbonyl (C=O) groups is 2. The number of aromatic nitrogens is 3. The summed E-state index contributed by atoms with van der Waals surface area (Å²) in [5.41, 5.74) is 5.27. The van der Waals surface area contributed by atoms with Gasteiger partial charge in [-0.3, -0.25) is 14.5 Å². The van der Waals surface area contributed by atoms with Gasteiger partial charge >= 0.3 is 0 Å². The van der Waals surface area contributed by atoms with E-state index < -0.39 is 0 Å². The highest BCUT2D eigenvalue weighted by Crippen LogP contribution is 2.14. The van der Waals surface area contributed by atoms with Crippen molar-refractivity contribution >= 4 is 23.6 Å². The summed E-state index contributed by atoms with van der Waals surface area (Å²) in [7, 11) is 0. The number of nitrogens with zero attached hydrogens (tertiary/aromatic N) is 3. The topological polar surface area (TPSA) is 105 Å². The molecule has 1 aliphatic heterocycles. The van der Waals surface area contributed by atoms with Gasteiger partial charge in [-0.15, -0.1) is 5.10 Å². The standard InChI is InChI=1S/C6H7N5O2/c7-5-8-6(10-9-5)11-2-3(12)1-4(11)13/h1-2H2,(H3,7,8,9,10). The lowest BCUT2D eigenvalue weighted by molar-refractivity contribution is -0.121. The van der Waals surface area contributed by atoms with Crippen molar-refractivity contribution in [3.63, 3.8) is 0 Å². The molecule has 0 bridgehead atoms. The molecule has 2 rings (SSSR count). The predicted molar refractivity (Wildman–Crippen MR) is 42.8 cm³/mol. The summed E-state index contributed by atoms with van der Waals surface area (Å²) in [6.07, 6.45) is -0.0750. The van der Waals surface area contributed by atoms with E-state index in [1.54, 1.807) is 0 Å². The molecule has 1 amide bonds. The quantitative estimate of drug-likeness (QED) is 0.523. The average molecular weight is 181 g/mol. The van der Waals surface area contributed by atoms with Crippen molar-refractivity contribution in [2.45, 2.75) is 6.42 Å². The van der Waals surface area contributed by atoms with Gasteiger partial charge < -0.3 is 5.73 Å². The number of anilines is 2. The number of nitrogens with one attached hydrogen (secondary N) is 1. The average Bonchev–Trinajstić information content (AvgIpc) is 2.58. The number of carbonyl (C=O) groups excluding carboxylic acids is 2. The van der Waals surface area contributed by atoms with Gasteiger partial charge in [-0.05, 0) is 0 Å². The van der Waals surface area contributed by atoms with E-state index in [1.807, 2.05) is 0 Å². The van der Waals surface area contributed by atoms with Crippen LogP contribution in [0.5, 0.6) is 0 Å². The van der Waals surface area contributed by atoms with E-state index in [1.165, 1.54) is 4.90 Å². The summed E-state index contributed by atoms with van der Waals surface area (Å²) in [4.78, 5) is 27.0. The number of amides is 1. The van der Waals surface area contributed by atoms with Crippen LogP contribution in [-0.2, 0) is 9.59 Å². The molecule has 0 radical (unpaired) electrons. The second-order valence-electron chi connectivity index (χ2n) is 2.72. The molecule has 0 saturated carbocycles. The van der Waals surface area contributed by atoms with E-state index in [0.29, 0.717) is 0 Å². The first kappa shape index (κ1) is 7.71. The van der Waals surface area contributed by atoms with Crippen LogP contribution >= 0.6 is 0 Å². The van der Waals surface area contributed by atoms with Crippen LogP contribution in [-0.4, -0.2) is 33.4 Å². The molecule has 3 N–H and O–H groups in total. The molecule has 68 valence electrons. The van der Waals surface area contributed by atoms with Crippen LogP contribution in [0.2, 0.25) is 0 Å². The first-order valence-corrected chi connectivity index (χ1v) is 3.67. The zero-order valence-corrected chi connectivity index (χ0v) is 6.65. The van der Waals surface area contributed by atoms with Gasteiger partial charge in [-0.1, -0.05) is 0 Å². The lowest BCUT2D eigenvalue weighted by Crippen LogP contribution is -2.25. The third-order valence-electron chi connectivity index (χ3n) is 1.72. The molecule has 0 spiro atoms. The summed E-state index contributed by atoms with van der Waals surface area (Å²) >= 11 is 0. The van der Waals surface area contributed by atoms with Gasteiger partial charge in [0, 0.05) is 0 Å². The number of Topliss-reactive ketones (excluding diaryl/α,β-unsaturated/α-hetero) is 1. The van der Waals surface area contributed by atoms with Crippen LogP contribution in [0.1, 0.15) is 6.42 Å². The normalized spacial score (nSPS) is 17.1. The van der Waals surface area contributed by atoms with Gasteiger partial charge in [0.1, 0.15) is 0 Å². The Hall–Kier alpha value is -1.92. The van der Waals surface area contributed by atoms with Crippen molar-refractivity contribution in [3.8, 4) is 0 Å². The van der Waals surface area contributed by atoms with Crippen LogP contribution in [0, 0.1) is 0 Å². The van der Waals surface area contributed by atoms with Gasteiger partial charge in [0.25, 0.3) is 5.95 Å². The van der Waals surface area contributed by atoms with Crippen molar-refractivity contribution < 1.29 is 9.59 Å². The second kappa shape index (κ2) is 2.54. The first-order chi connectivity index (χ1) is 6.16. The maximum atomic E-state index is 11.2. The number of nitrogen functional groups attached to an aromatic ring is 1. The molecule has 7 nitrogen and oxygen atoms in total. The fourth-order valence-electron chi connectivity index (χ4n) is 1.15. The molecule has 2 heterocycles. The number of rotatable bonds is 1. The first-order valence-electron chi connectivity index (χ1n) is 3.67. The number of nitrogens with two attached hydrogens (primary N) is 1. The van der Waals surface area contributed by atoms with Crippen molar-refractivity contribution in [1.29, 1.82) is 0 Å². The number of hydrogen-bond acceptors (Lipinski definition) is 5. The Bertz CT molecular complexity index is 371. The third-order valence-corrected chi connectivity index (χ3v) is 1.72. The fraction of sp³-hybridized carbons (Fsp3) is 0.333. The largest absolute Gasteiger partial charge is 0.368 e.